The van der Waals surface area contributed by atoms with E-state index in [2.05, 4.69) is 46.1 Å². The molecule has 0 radical (unpaired) electrons. The van der Waals surface area contributed by atoms with Gasteiger partial charge in [-0.3, -0.25) is 14.4 Å². The largest absolute Gasteiger partial charge is 0.497 e. The van der Waals surface area contributed by atoms with Gasteiger partial charge in [-0.25, -0.2) is 8.42 Å². The Labute approximate surface area is 207 Å². The molecule has 184 valence electrons. The van der Waals surface area contributed by atoms with Crippen molar-refractivity contribution in [2.75, 3.05) is 30.2 Å². The van der Waals surface area contributed by atoms with Gasteiger partial charge in [0, 0.05) is 23.8 Å². The summed E-state index contributed by atoms with van der Waals surface area (Å²) in [5, 5.41) is 2.94. The summed E-state index contributed by atoms with van der Waals surface area (Å²) in [6.45, 7) is 4.73. The van der Waals surface area contributed by atoms with Crippen LogP contribution in [0.5, 0.6) is 5.75 Å². The van der Waals surface area contributed by atoms with Crippen LogP contribution in [0.1, 0.15) is 24.0 Å². The van der Waals surface area contributed by atoms with Crippen LogP contribution >= 0.6 is 0 Å². The number of amides is 1. The van der Waals surface area contributed by atoms with Gasteiger partial charge in [-0.05, 0) is 86.9 Å². The summed E-state index contributed by atoms with van der Waals surface area (Å²) in [5.41, 5.74) is 3.57. The van der Waals surface area contributed by atoms with Crippen molar-refractivity contribution in [1.82, 2.24) is 4.90 Å². The van der Waals surface area contributed by atoms with E-state index in [0.29, 0.717) is 17.1 Å². The first-order valence-corrected chi connectivity index (χ1v) is 13.2. The number of nitrogens with zero attached hydrogens (tertiary/aromatic N) is 1. The van der Waals surface area contributed by atoms with Crippen LogP contribution in [0.25, 0.3) is 0 Å². The number of nitrogens with one attached hydrogen (secondary N) is 2. The fourth-order valence-corrected chi connectivity index (χ4v) is 5.20. The molecular weight excluding hydrogens is 462 g/mol. The van der Waals surface area contributed by atoms with Gasteiger partial charge in [-0.1, -0.05) is 29.8 Å². The van der Waals surface area contributed by atoms with Gasteiger partial charge < -0.3 is 10.1 Å². The maximum atomic E-state index is 12.8. The monoisotopic (exact) mass is 493 g/mol. The summed E-state index contributed by atoms with van der Waals surface area (Å²) in [7, 11) is -2.19. The highest BCUT2D eigenvalue weighted by Gasteiger charge is 2.25. The minimum absolute atomic E-state index is 0.0213. The third kappa shape index (κ3) is 6.61. The van der Waals surface area contributed by atoms with Crippen LogP contribution in [-0.4, -0.2) is 39.4 Å². The molecule has 0 saturated carbocycles. The summed E-state index contributed by atoms with van der Waals surface area (Å²) < 4.78 is 33.0. The Morgan fingerprint density at radius 3 is 2.11 bits per heavy atom. The number of carbonyl (C=O) groups excluding carboxylic acids is 1. The van der Waals surface area contributed by atoms with Gasteiger partial charge in [0.25, 0.3) is 10.0 Å². The molecular formula is C27H31N3O4S. The number of hydrogen-bond donors (Lipinski definition) is 2. The molecule has 1 amide bonds. The Hall–Kier alpha value is -3.36. The van der Waals surface area contributed by atoms with E-state index in [4.69, 9.17) is 4.74 Å². The zero-order valence-electron chi connectivity index (χ0n) is 20.0. The Morgan fingerprint density at radius 1 is 0.914 bits per heavy atom. The molecule has 0 bridgehead atoms. The second-order valence-corrected chi connectivity index (χ2v) is 10.6. The zero-order chi connectivity index (χ0) is 24.8. The van der Waals surface area contributed by atoms with Gasteiger partial charge in [0.15, 0.2) is 0 Å². The zero-order valence-corrected chi connectivity index (χ0v) is 20.8. The van der Waals surface area contributed by atoms with Gasteiger partial charge in [0.05, 0.1) is 12.0 Å². The van der Waals surface area contributed by atoms with Crippen LogP contribution in [-0.2, 0) is 21.4 Å². The lowest BCUT2D eigenvalue weighted by Gasteiger charge is -2.31. The predicted octanol–water partition coefficient (Wildman–Crippen LogP) is 4.66. The molecule has 1 saturated heterocycles. The van der Waals surface area contributed by atoms with Crippen LogP contribution in [0.3, 0.4) is 0 Å². The quantitative estimate of drug-likeness (QED) is 0.477. The molecule has 4 rings (SSSR count). The first-order chi connectivity index (χ1) is 16.8. The van der Waals surface area contributed by atoms with E-state index in [1.165, 1.54) is 23.3 Å². The maximum Gasteiger partial charge on any atom is 0.261 e. The van der Waals surface area contributed by atoms with Crippen molar-refractivity contribution in [2.45, 2.75) is 31.2 Å². The van der Waals surface area contributed by atoms with E-state index in [-0.39, 0.29) is 16.7 Å². The molecule has 1 heterocycles. The second kappa shape index (κ2) is 10.9. The summed E-state index contributed by atoms with van der Waals surface area (Å²) in [5.74, 6) is 0.571. The molecule has 35 heavy (non-hydrogen) atoms. The normalized spacial score (nSPS) is 14.9. The van der Waals surface area contributed by atoms with Gasteiger partial charge in [0.1, 0.15) is 5.75 Å². The minimum Gasteiger partial charge on any atom is -0.497 e. The fourth-order valence-electron chi connectivity index (χ4n) is 4.14. The Morgan fingerprint density at radius 2 is 1.51 bits per heavy atom. The first-order valence-electron chi connectivity index (χ1n) is 11.7. The summed E-state index contributed by atoms with van der Waals surface area (Å²) in [4.78, 5) is 15.3. The van der Waals surface area contributed by atoms with Crippen LogP contribution < -0.4 is 14.8 Å². The summed E-state index contributed by atoms with van der Waals surface area (Å²) in [6.07, 6.45) is 1.60. The van der Waals surface area contributed by atoms with Crippen LogP contribution in [0.15, 0.2) is 77.7 Å². The van der Waals surface area contributed by atoms with Crippen molar-refractivity contribution in [3.8, 4) is 5.75 Å². The number of likely N-dealkylation sites (tertiary alicyclic amines) is 1. The van der Waals surface area contributed by atoms with Crippen molar-refractivity contribution in [3.05, 3.63) is 83.9 Å². The molecule has 0 spiro atoms. The molecule has 8 heteroatoms. The van der Waals surface area contributed by atoms with Crippen molar-refractivity contribution in [1.29, 1.82) is 0 Å². The molecule has 0 atom stereocenters. The lowest BCUT2D eigenvalue weighted by atomic mass is 9.95. The number of benzene rings is 3. The standard InChI is InChI=1S/C27H31N3O4S/c1-20-3-5-21(6-4-20)19-30-17-15-22(16-18-30)27(31)28-23-9-13-26(14-10-23)35(32,33)29-24-7-11-25(34-2)12-8-24/h3-14,22,29H,15-19H2,1-2H3,(H,28,31). The molecule has 0 aliphatic carbocycles. The highest BCUT2D eigenvalue weighted by atomic mass is 32.2. The predicted molar refractivity (Wildman–Crippen MR) is 138 cm³/mol. The van der Waals surface area contributed by atoms with Gasteiger partial charge in [-0.2, -0.15) is 0 Å². The number of carbonyl (C=O) groups is 1. The van der Waals surface area contributed by atoms with E-state index in [1.54, 1.807) is 43.5 Å². The first kappa shape index (κ1) is 24.8. The van der Waals surface area contributed by atoms with Crippen LogP contribution in [0, 0.1) is 12.8 Å². The third-order valence-electron chi connectivity index (χ3n) is 6.26. The lowest BCUT2D eigenvalue weighted by Crippen LogP contribution is -2.37. The molecule has 3 aromatic rings. The number of aryl methyl sites for hydroxylation is 1. The van der Waals surface area contributed by atoms with Gasteiger partial charge >= 0.3 is 0 Å². The van der Waals surface area contributed by atoms with E-state index in [1.807, 2.05) is 0 Å². The van der Waals surface area contributed by atoms with Crippen molar-refractivity contribution >= 4 is 27.3 Å². The summed E-state index contributed by atoms with van der Waals surface area (Å²) in [6, 6.07) is 21.4. The fraction of sp³-hybridized carbons (Fsp3) is 0.296. The Balaban J connectivity index is 1.28. The van der Waals surface area contributed by atoms with Gasteiger partial charge in [-0.15, -0.1) is 0 Å². The van der Waals surface area contributed by atoms with Crippen molar-refractivity contribution < 1.29 is 17.9 Å². The lowest BCUT2D eigenvalue weighted by molar-refractivity contribution is -0.121. The van der Waals surface area contributed by atoms with Crippen molar-refractivity contribution in [3.63, 3.8) is 0 Å². The highest BCUT2D eigenvalue weighted by molar-refractivity contribution is 7.92. The van der Waals surface area contributed by atoms with Crippen LogP contribution in [0.4, 0.5) is 11.4 Å². The SMILES string of the molecule is COc1ccc(NS(=O)(=O)c2ccc(NC(=O)C3CCN(Cc4ccc(C)cc4)CC3)cc2)cc1. The average molecular weight is 494 g/mol. The highest BCUT2D eigenvalue weighted by Crippen LogP contribution is 2.23. The molecule has 1 aliphatic heterocycles. The second-order valence-electron chi connectivity index (χ2n) is 8.88. The average Bonchev–Trinajstić information content (AvgIpc) is 2.86. The molecule has 1 aliphatic rings. The number of ether oxygens (including phenoxy) is 1. The molecule has 0 unspecified atom stereocenters. The van der Waals surface area contributed by atoms with E-state index < -0.39 is 10.0 Å². The number of sulfonamides is 1. The number of hydrogen-bond acceptors (Lipinski definition) is 5. The molecule has 0 aromatic heterocycles. The third-order valence-corrected chi connectivity index (χ3v) is 7.66. The molecule has 2 N–H and O–H groups in total. The number of methoxy groups -OCH3 is 1. The van der Waals surface area contributed by atoms with Crippen LogP contribution in [0.2, 0.25) is 0 Å². The maximum absolute atomic E-state index is 12.8. The molecule has 7 nitrogen and oxygen atoms in total. The number of anilines is 2. The van der Waals surface area contributed by atoms with Crippen molar-refractivity contribution in [2.24, 2.45) is 5.92 Å². The Bertz CT molecular complexity index is 1230. The number of piperidine rings is 1. The van der Waals surface area contributed by atoms with Gasteiger partial charge in [0.2, 0.25) is 5.91 Å². The van der Waals surface area contributed by atoms with E-state index in [9.17, 15) is 13.2 Å². The van der Waals surface area contributed by atoms with E-state index >= 15 is 0 Å². The molecule has 1 fully saturated rings. The topological polar surface area (TPSA) is 87.7 Å². The number of rotatable bonds is 8. The summed E-state index contributed by atoms with van der Waals surface area (Å²) >= 11 is 0. The smallest absolute Gasteiger partial charge is 0.261 e. The Kier molecular flexibility index (Phi) is 7.73. The van der Waals surface area contributed by atoms with E-state index in [0.717, 1.165) is 32.5 Å². The molecule has 3 aromatic carbocycles. The minimum atomic E-state index is -3.74.